The van der Waals surface area contributed by atoms with Gasteiger partial charge in [-0.3, -0.25) is 0 Å². The fourth-order valence-electron chi connectivity index (χ4n) is 2.32. The Morgan fingerprint density at radius 1 is 1.35 bits per heavy atom. The van der Waals surface area contributed by atoms with Crippen molar-refractivity contribution in [2.24, 2.45) is 11.8 Å². The van der Waals surface area contributed by atoms with Crippen molar-refractivity contribution in [3.05, 3.63) is 12.2 Å². The van der Waals surface area contributed by atoms with Gasteiger partial charge in [0.25, 0.3) is 0 Å². The zero-order valence-electron chi connectivity index (χ0n) is 11.1. The highest BCUT2D eigenvalue weighted by atomic mass is 16.5. The first-order valence-electron chi connectivity index (χ1n) is 6.58. The third kappa shape index (κ3) is 3.32. The maximum Gasteiger partial charge on any atom is 0.335 e. The smallest absolute Gasteiger partial charge is 0.335 e. The van der Waals surface area contributed by atoms with Gasteiger partial charge in [-0.1, -0.05) is 32.9 Å². The number of rotatable bonds is 6. The van der Waals surface area contributed by atoms with Crippen LogP contribution in [0.4, 0.5) is 0 Å². The summed E-state index contributed by atoms with van der Waals surface area (Å²) in [4.78, 5) is 11.3. The van der Waals surface area contributed by atoms with Crippen LogP contribution in [-0.4, -0.2) is 23.3 Å². The Morgan fingerprint density at radius 3 is 2.41 bits per heavy atom. The molecule has 0 aromatic heterocycles. The lowest BCUT2D eigenvalue weighted by molar-refractivity contribution is -0.170. The predicted octanol–water partition coefficient (Wildman–Crippen LogP) is 3.25. The summed E-state index contributed by atoms with van der Waals surface area (Å²) in [5.74, 6) is 0.207. The molecule has 0 fully saturated rings. The van der Waals surface area contributed by atoms with Crippen molar-refractivity contribution in [1.82, 2.24) is 0 Å². The van der Waals surface area contributed by atoms with Gasteiger partial charge >= 0.3 is 5.97 Å². The second-order valence-electron chi connectivity index (χ2n) is 5.00. The molecule has 1 aliphatic rings. The number of carboxylic acids is 1. The van der Waals surface area contributed by atoms with E-state index in [-0.39, 0.29) is 0 Å². The van der Waals surface area contributed by atoms with E-state index in [2.05, 4.69) is 19.1 Å². The molecule has 0 spiro atoms. The molecule has 1 aliphatic carbocycles. The minimum atomic E-state index is -0.985. The van der Waals surface area contributed by atoms with Crippen LogP contribution in [0.1, 0.15) is 46.5 Å². The average molecular weight is 240 g/mol. The molecule has 0 aliphatic heterocycles. The quantitative estimate of drug-likeness (QED) is 0.725. The first kappa shape index (κ1) is 14.2. The second kappa shape index (κ2) is 6.20. The number of carbonyl (C=O) groups is 1. The Bertz CT molecular complexity index is 279. The van der Waals surface area contributed by atoms with Crippen molar-refractivity contribution in [3.63, 3.8) is 0 Å². The van der Waals surface area contributed by atoms with Crippen molar-refractivity contribution in [2.45, 2.75) is 52.1 Å². The Morgan fingerprint density at radius 2 is 1.94 bits per heavy atom. The van der Waals surface area contributed by atoms with Crippen LogP contribution >= 0.6 is 0 Å². The van der Waals surface area contributed by atoms with Crippen LogP contribution in [0.3, 0.4) is 0 Å². The number of hydrogen-bond donors (Lipinski definition) is 1. The highest BCUT2D eigenvalue weighted by Crippen LogP contribution is 2.28. The van der Waals surface area contributed by atoms with Gasteiger partial charge in [0.15, 0.2) is 5.60 Å². The summed E-state index contributed by atoms with van der Waals surface area (Å²) in [5, 5.41) is 9.28. The summed E-state index contributed by atoms with van der Waals surface area (Å²) >= 11 is 0. The lowest BCUT2D eigenvalue weighted by Crippen LogP contribution is -2.42. The molecule has 0 aromatic rings. The maximum atomic E-state index is 11.3. The van der Waals surface area contributed by atoms with E-state index >= 15 is 0 Å². The predicted molar refractivity (Wildman–Crippen MR) is 67.9 cm³/mol. The first-order chi connectivity index (χ1) is 8.05. The molecule has 0 radical (unpaired) electrons. The fraction of sp³-hybridized carbons (Fsp3) is 0.786. The SMILES string of the molecule is CCC(CC)(OCC1CC=CCC1C)C(=O)O. The summed E-state index contributed by atoms with van der Waals surface area (Å²) in [6.07, 6.45) is 7.50. The maximum absolute atomic E-state index is 11.3. The van der Waals surface area contributed by atoms with E-state index in [1.807, 2.05) is 13.8 Å². The van der Waals surface area contributed by atoms with E-state index in [4.69, 9.17) is 4.74 Å². The first-order valence-corrected chi connectivity index (χ1v) is 6.58. The van der Waals surface area contributed by atoms with Crippen molar-refractivity contribution in [2.75, 3.05) is 6.61 Å². The minimum Gasteiger partial charge on any atom is -0.479 e. The van der Waals surface area contributed by atoms with Crippen molar-refractivity contribution >= 4 is 5.97 Å². The van der Waals surface area contributed by atoms with Crippen molar-refractivity contribution < 1.29 is 14.6 Å². The Hall–Kier alpha value is -0.830. The van der Waals surface area contributed by atoms with E-state index < -0.39 is 11.6 Å². The summed E-state index contributed by atoms with van der Waals surface area (Å²) in [6, 6.07) is 0. The van der Waals surface area contributed by atoms with Gasteiger partial charge in [-0.2, -0.15) is 0 Å². The Labute approximate surface area is 104 Å². The van der Waals surface area contributed by atoms with Gasteiger partial charge in [0, 0.05) is 0 Å². The number of carboxylic acid groups (broad SMARTS) is 1. The number of allylic oxidation sites excluding steroid dienone is 2. The van der Waals surface area contributed by atoms with Gasteiger partial charge in [0.05, 0.1) is 6.61 Å². The van der Waals surface area contributed by atoms with Crippen LogP contribution in [0.5, 0.6) is 0 Å². The zero-order chi connectivity index (χ0) is 12.9. The van der Waals surface area contributed by atoms with E-state index in [0.717, 1.165) is 12.8 Å². The highest BCUT2D eigenvalue weighted by Gasteiger charge is 2.37. The topological polar surface area (TPSA) is 46.5 Å². The van der Waals surface area contributed by atoms with Crippen LogP contribution < -0.4 is 0 Å². The molecule has 2 atom stereocenters. The summed E-state index contributed by atoms with van der Waals surface area (Å²) in [5.41, 5.74) is -0.985. The minimum absolute atomic E-state index is 0.455. The Kier molecular flexibility index (Phi) is 5.19. The molecule has 3 heteroatoms. The second-order valence-corrected chi connectivity index (χ2v) is 5.00. The average Bonchev–Trinajstić information content (AvgIpc) is 2.32. The van der Waals surface area contributed by atoms with Crippen molar-refractivity contribution in [1.29, 1.82) is 0 Å². The normalized spacial score (nSPS) is 24.9. The van der Waals surface area contributed by atoms with Crippen LogP contribution in [0, 0.1) is 11.8 Å². The molecule has 0 aromatic carbocycles. The number of aliphatic carboxylic acids is 1. The van der Waals surface area contributed by atoms with Crippen molar-refractivity contribution in [3.8, 4) is 0 Å². The highest BCUT2D eigenvalue weighted by molar-refractivity contribution is 5.77. The molecule has 1 N–H and O–H groups in total. The molecular formula is C14H24O3. The summed E-state index contributed by atoms with van der Waals surface area (Å²) < 4.78 is 5.77. The molecule has 0 bridgehead atoms. The Balaban J connectivity index is 2.57. The lowest BCUT2D eigenvalue weighted by Gasteiger charge is -2.32. The summed E-state index contributed by atoms with van der Waals surface area (Å²) in [7, 11) is 0. The monoisotopic (exact) mass is 240 g/mol. The van der Waals surface area contributed by atoms with Crippen LogP contribution in [0.15, 0.2) is 12.2 Å². The molecule has 0 heterocycles. The van der Waals surface area contributed by atoms with E-state index in [0.29, 0.717) is 31.3 Å². The van der Waals surface area contributed by atoms with E-state index in [1.54, 1.807) is 0 Å². The van der Waals surface area contributed by atoms with E-state index in [9.17, 15) is 9.90 Å². The molecule has 1 rings (SSSR count). The van der Waals surface area contributed by atoms with Crippen LogP contribution in [-0.2, 0) is 9.53 Å². The van der Waals surface area contributed by atoms with Gasteiger partial charge in [-0.15, -0.1) is 0 Å². The van der Waals surface area contributed by atoms with Gasteiger partial charge < -0.3 is 9.84 Å². The zero-order valence-corrected chi connectivity index (χ0v) is 11.1. The fourth-order valence-corrected chi connectivity index (χ4v) is 2.32. The molecule has 17 heavy (non-hydrogen) atoms. The third-order valence-electron chi connectivity index (χ3n) is 4.02. The third-order valence-corrected chi connectivity index (χ3v) is 4.02. The number of hydrogen-bond acceptors (Lipinski definition) is 2. The standard InChI is InChI=1S/C14H24O3/c1-4-14(5-2,13(15)16)17-10-12-9-7-6-8-11(12)3/h6-7,11-12H,4-5,8-10H2,1-3H3,(H,15,16). The van der Waals surface area contributed by atoms with Gasteiger partial charge in [0.2, 0.25) is 0 Å². The molecule has 0 saturated heterocycles. The lowest BCUT2D eigenvalue weighted by atomic mass is 9.85. The molecule has 3 nitrogen and oxygen atoms in total. The summed E-state index contributed by atoms with van der Waals surface area (Å²) in [6.45, 7) is 6.51. The van der Waals surface area contributed by atoms with Gasteiger partial charge in [-0.05, 0) is 37.5 Å². The van der Waals surface area contributed by atoms with Gasteiger partial charge in [-0.25, -0.2) is 4.79 Å². The van der Waals surface area contributed by atoms with E-state index in [1.165, 1.54) is 0 Å². The largest absolute Gasteiger partial charge is 0.479 e. The number of ether oxygens (including phenoxy) is 1. The molecule has 2 unspecified atom stereocenters. The molecule has 98 valence electrons. The van der Waals surface area contributed by atoms with Crippen LogP contribution in [0.2, 0.25) is 0 Å². The molecule has 0 saturated carbocycles. The molecule has 0 amide bonds. The van der Waals surface area contributed by atoms with Gasteiger partial charge in [0.1, 0.15) is 0 Å². The molecular weight excluding hydrogens is 216 g/mol. The van der Waals surface area contributed by atoms with Crippen LogP contribution in [0.25, 0.3) is 0 Å².